The number of sulfonamides is 1. The van der Waals surface area contributed by atoms with Crippen LogP contribution >= 0.6 is 0 Å². The molecule has 1 aliphatic heterocycles. The normalized spacial score (nSPS) is 15.2. The molecule has 1 saturated heterocycles. The predicted molar refractivity (Wildman–Crippen MR) is 118 cm³/mol. The highest BCUT2D eigenvalue weighted by molar-refractivity contribution is 7.89. The van der Waals surface area contributed by atoms with E-state index in [2.05, 4.69) is 5.32 Å². The molecule has 0 saturated carbocycles. The van der Waals surface area contributed by atoms with Crippen molar-refractivity contribution in [3.63, 3.8) is 0 Å². The zero-order valence-corrected chi connectivity index (χ0v) is 19.9. The largest absolute Gasteiger partial charge is 0.444 e. The zero-order chi connectivity index (χ0) is 23.2. The van der Waals surface area contributed by atoms with Crippen LogP contribution < -0.4 is 5.32 Å². The molecule has 174 valence electrons. The number of piperazine rings is 1. The van der Waals surface area contributed by atoms with Crippen molar-refractivity contribution in [2.45, 2.75) is 51.7 Å². The maximum absolute atomic E-state index is 12.5. The lowest BCUT2D eigenvalue weighted by Crippen LogP contribution is -2.53. The third-order valence-electron chi connectivity index (χ3n) is 4.93. The summed E-state index contributed by atoms with van der Waals surface area (Å²) in [6.45, 7) is 11.9. The molecule has 1 fully saturated rings. The van der Waals surface area contributed by atoms with E-state index in [-0.39, 0.29) is 23.6 Å². The van der Waals surface area contributed by atoms with Crippen molar-refractivity contribution in [2.24, 2.45) is 0 Å². The molecule has 3 amide bonds. The van der Waals surface area contributed by atoms with E-state index in [0.29, 0.717) is 39.3 Å². The van der Waals surface area contributed by atoms with Gasteiger partial charge in [-0.2, -0.15) is 4.31 Å². The monoisotopic (exact) mass is 454 g/mol. The van der Waals surface area contributed by atoms with Gasteiger partial charge < -0.3 is 19.9 Å². The van der Waals surface area contributed by atoms with Crippen molar-refractivity contribution in [1.82, 2.24) is 19.4 Å². The first-order valence-electron chi connectivity index (χ1n) is 10.6. The van der Waals surface area contributed by atoms with E-state index in [0.717, 1.165) is 5.56 Å². The lowest BCUT2D eigenvalue weighted by Gasteiger charge is -2.35. The second-order valence-corrected chi connectivity index (χ2v) is 10.3. The number of rotatable bonds is 6. The summed E-state index contributed by atoms with van der Waals surface area (Å²) in [5.74, 6) is 0. The molecule has 0 aromatic heterocycles. The van der Waals surface area contributed by atoms with Crippen molar-refractivity contribution >= 4 is 22.1 Å². The van der Waals surface area contributed by atoms with E-state index in [1.54, 1.807) is 47.9 Å². The van der Waals surface area contributed by atoms with Crippen LogP contribution in [0.1, 0.15) is 40.2 Å². The number of benzene rings is 1. The van der Waals surface area contributed by atoms with Gasteiger partial charge in [0.15, 0.2) is 0 Å². The Morgan fingerprint density at radius 1 is 1.00 bits per heavy atom. The minimum absolute atomic E-state index is 0.219. The second-order valence-electron chi connectivity index (χ2n) is 8.35. The highest BCUT2D eigenvalue weighted by Crippen LogP contribution is 2.16. The molecule has 0 radical (unpaired) electrons. The fourth-order valence-electron chi connectivity index (χ4n) is 3.20. The molecule has 1 N–H and O–H groups in total. The van der Waals surface area contributed by atoms with Gasteiger partial charge in [0.05, 0.1) is 4.90 Å². The van der Waals surface area contributed by atoms with Crippen molar-refractivity contribution in [1.29, 1.82) is 0 Å². The molecule has 2 rings (SSSR count). The molecule has 0 bridgehead atoms. The van der Waals surface area contributed by atoms with Crippen LogP contribution in [-0.4, -0.2) is 79.5 Å². The molecule has 0 aliphatic carbocycles. The van der Waals surface area contributed by atoms with Gasteiger partial charge in [0.1, 0.15) is 5.60 Å². The summed E-state index contributed by atoms with van der Waals surface area (Å²) >= 11 is 0. The van der Waals surface area contributed by atoms with Crippen molar-refractivity contribution in [2.75, 3.05) is 39.3 Å². The first-order valence-corrected chi connectivity index (χ1v) is 12.0. The third-order valence-corrected chi connectivity index (χ3v) is 6.99. The van der Waals surface area contributed by atoms with E-state index >= 15 is 0 Å². The fraction of sp³-hybridized carbons (Fsp3) is 0.619. The van der Waals surface area contributed by atoms with Crippen LogP contribution in [0.4, 0.5) is 9.59 Å². The quantitative estimate of drug-likeness (QED) is 0.712. The van der Waals surface area contributed by atoms with Crippen molar-refractivity contribution in [3.8, 4) is 0 Å². The van der Waals surface area contributed by atoms with Gasteiger partial charge in [0.25, 0.3) is 0 Å². The molecule has 0 atom stereocenters. The first kappa shape index (κ1) is 24.9. The van der Waals surface area contributed by atoms with E-state index in [1.807, 2.05) is 20.8 Å². The van der Waals surface area contributed by atoms with E-state index in [9.17, 15) is 18.0 Å². The molecular formula is C21H34N4O5S. The minimum Gasteiger partial charge on any atom is -0.444 e. The van der Waals surface area contributed by atoms with Gasteiger partial charge in [-0.05, 0) is 38.5 Å². The number of ether oxygens (including phenoxy) is 1. The topological polar surface area (TPSA) is 99.3 Å². The zero-order valence-electron chi connectivity index (χ0n) is 19.1. The summed E-state index contributed by atoms with van der Waals surface area (Å²) in [6.07, 6.45) is -0.368. The Labute approximate surface area is 185 Å². The molecule has 1 aromatic rings. The Morgan fingerprint density at radius 2 is 1.52 bits per heavy atom. The maximum Gasteiger partial charge on any atom is 0.410 e. The van der Waals surface area contributed by atoms with Crippen LogP contribution in [0.3, 0.4) is 0 Å². The third kappa shape index (κ3) is 6.83. The van der Waals surface area contributed by atoms with Gasteiger partial charge in [0, 0.05) is 45.8 Å². The molecule has 31 heavy (non-hydrogen) atoms. The molecule has 9 nitrogen and oxygen atoms in total. The average Bonchev–Trinajstić information content (AvgIpc) is 2.72. The summed E-state index contributed by atoms with van der Waals surface area (Å²) in [6, 6.07) is 6.32. The van der Waals surface area contributed by atoms with Crippen LogP contribution in [0.15, 0.2) is 29.2 Å². The summed E-state index contributed by atoms with van der Waals surface area (Å²) in [5, 5.41) is 2.85. The van der Waals surface area contributed by atoms with E-state index in [4.69, 9.17) is 4.74 Å². The molecule has 1 heterocycles. The summed E-state index contributed by atoms with van der Waals surface area (Å²) in [7, 11) is -3.49. The Morgan fingerprint density at radius 3 is 2.00 bits per heavy atom. The van der Waals surface area contributed by atoms with Crippen molar-refractivity contribution in [3.05, 3.63) is 29.8 Å². The van der Waals surface area contributed by atoms with Gasteiger partial charge in [-0.1, -0.05) is 26.0 Å². The molecule has 0 spiro atoms. The van der Waals surface area contributed by atoms with Crippen LogP contribution in [0.25, 0.3) is 0 Å². The number of nitrogens with zero attached hydrogens (tertiary/aromatic N) is 3. The molecule has 0 unspecified atom stereocenters. The molecular weight excluding hydrogens is 420 g/mol. The predicted octanol–water partition coefficient (Wildman–Crippen LogP) is 2.48. The Hall–Kier alpha value is -2.33. The summed E-state index contributed by atoms with van der Waals surface area (Å²) in [4.78, 5) is 28.1. The number of amides is 3. The smallest absolute Gasteiger partial charge is 0.410 e. The number of carbonyl (C=O) groups excluding carboxylic acids is 2. The van der Waals surface area contributed by atoms with E-state index in [1.165, 1.54) is 4.31 Å². The van der Waals surface area contributed by atoms with Gasteiger partial charge in [-0.3, -0.25) is 0 Å². The molecule has 1 aromatic carbocycles. The Balaban J connectivity index is 1.85. The number of hydrogen-bond donors (Lipinski definition) is 1. The lowest BCUT2D eigenvalue weighted by atomic mass is 10.2. The van der Waals surface area contributed by atoms with Crippen LogP contribution in [0.5, 0.6) is 0 Å². The van der Waals surface area contributed by atoms with Crippen LogP contribution in [-0.2, 0) is 21.3 Å². The highest BCUT2D eigenvalue weighted by atomic mass is 32.2. The second kappa shape index (κ2) is 10.3. The molecule has 1 aliphatic rings. The number of nitrogens with one attached hydrogen (secondary N) is 1. The molecule has 10 heteroatoms. The minimum atomic E-state index is -3.49. The van der Waals surface area contributed by atoms with E-state index < -0.39 is 15.6 Å². The van der Waals surface area contributed by atoms with Gasteiger partial charge in [-0.25, -0.2) is 18.0 Å². The average molecular weight is 455 g/mol. The Kier molecular flexibility index (Phi) is 8.30. The summed E-state index contributed by atoms with van der Waals surface area (Å²) in [5.41, 5.74) is 0.255. The van der Waals surface area contributed by atoms with Gasteiger partial charge in [0.2, 0.25) is 10.0 Å². The summed E-state index contributed by atoms with van der Waals surface area (Å²) < 4.78 is 31.9. The lowest BCUT2D eigenvalue weighted by molar-refractivity contribution is 0.0170. The van der Waals surface area contributed by atoms with Gasteiger partial charge in [-0.15, -0.1) is 0 Å². The number of hydrogen-bond acceptors (Lipinski definition) is 5. The van der Waals surface area contributed by atoms with Gasteiger partial charge >= 0.3 is 12.1 Å². The fourth-order valence-corrected chi connectivity index (χ4v) is 4.66. The van der Waals surface area contributed by atoms with Crippen molar-refractivity contribution < 1.29 is 22.7 Å². The van der Waals surface area contributed by atoms with Crippen LogP contribution in [0.2, 0.25) is 0 Å². The number of carbonyl (C=O) groups is 2. The standard InChI is InChI=1S/C21H34N4O5S/c1-6-25(7-2)31(28,29)18-10-8-17(9-11-18)16-22-19(26)23-12-14-24(15-13-23)20(27)30-21(3,4)5/h8-11H,6-7,12-16H2,1-5H3,(H,22,26). The Bertz CT molecular complexity index is 853. The highest BCUT2D eigenvalue weighted by Gasteiger charge is 2.27. The first-order chi connectivity index (χ1) is 14.5. The number of urea groups is 1. The van der Waals surface area contributed by atoms with Crippen LogP contribution in [0, 0.1) is 0 Å². The maximum atomic E-state index is 12.5. The SMILES string of the molecule is CCN(CC)S(=O)(=O)c1ccc(CNC(=O)N2CCN(C(=O)OC(C)(C)C)CC2)cc1.